The van der Waals surface area contributed by atoms with Crippen molar-refractivity contribution in [3.8, 4) is 0 Å². The summed E-state index contributed by atoms with van der Waals surface area (Å²) < 4.78 is 0. The molecule has 116 heavy (non-hydrogen) atoms. The Morgan fingerprint density at radius 3 is 1.25 bits per heavy atom. The van der Waals surface area contributed by atoms with E-state index < -0.39 is 338 Å². The first-order valence-electron chi connectivity index (χ1n) is 36.4. The van der Waals surface area contributed by atoms with Crippen molar-refractivity contribution in [2.24, 2.45) is 17.8 Å². The molecular weight excluding hydrogens is 1570 g/mol. The maximum absolute atomic E-state index is 14.8. The Morgan fingerprint density at radius 2 is 0.862 bits per heavy atom. The number of aromatic amines is 1. The summed E-state index contributed by atoms with van der Waals surface area (Å²) in [6, 6.07) is -2.12. The van der Waals surface area contributed by atoms with E-state index in [9.17, 15) is 164 Å². The predicted octanol–water partition coefficient (Wildman–Crippen LogP) is -9.79. The highest BCUT2D eigenvalue weighted by Crippen LogP contribution is 2.23. The SMILES string of the molecule is CC[C@@H](O)[C@@H](O)[C@H](O)[C@@H](O)CNC(=O)CC[C@H](CC(=O)[C@H](CCC(=O)O)NC(=O)[C@H](CCC(=O)NC[C@H](O)[C@@H](O)[C@H](O)[C@H](O)CO)CC(=O)[C@H](CCC(=O)O)NC(=O)[C@H](CCC(=O)NC[C@H](O)[C@@H](O)[C@H](O)[C@H](O)CO)CC(=O)CC[C@H](NC(=O)c1ccc(NCc2cnc3nc(N)[nH]c(=O)c3n2)cc1)C(=O)O)C(=O)N[C@@H](CS)C(=O)O. The van der Waals surface area contributed by atoms with Gasteiger partial charge in [-0.3, -0.25) is 67.3 Å². The van der Waals surface area contributed by atoms with E-state index in [1.165, 1.54) is 37.4 Å². The number of amides is 7. The maximum Gasteiger partial charge on any atom is 0.327 e. The summed E-state index contributed by atoms with van der Waals surface area (Å²) in [5.74, 6) is -24.0. The zero-order chi connectivity index (χ0) is 87.4. The molecule has 2 aromatic heterocycles. The van der Waals surface area contributed by atoms with Crippen LogP contribution in [0.2, 0.25) is 0 Å². The number of thiol groups is 1. The van der Waals surface area contributed by atoms with Crippen molar-refractivity contribution in [1.29, 1.82) is 0 Å². The topological polar surface area (TPSA) is 797 Å². The van der Waals surface area contributed by atoms with Crippen LogP contribution >= 0.6 is 12.6 Å². The van der Waals surface area contributed by atoms with Gasteiger partial charge in [0.15, 0.2) is 22.7 Å². The van der Waals surface area contributed by atoms with Gasteiger partial charge in [0.25, 0.3) is 11.5 Å². The van der Waals surface area contributed by atoms with Gasteiger partial charge >= 0.3 is 23.9 Å². The molecule has 46 nitrogen and oxygen atoms in total. The van der Waals surface area contributed by atoms with Gasteiger partial charge in [0.05, 0.1) is 68.1 Å². The second-order valence-corrected chi connectivity index (χ2v) is 27.6. The van der Waals surface area contributed by atoms with Crippen molar-refractivity contribution in [3.63, 3.8) is 0 Å². The van der Waals surface area contributed by atoms with Crippen molar-refractivity contribution in [1.82, 2.24) is 57.2 Å². The number of hydrogen-bond donors (Lipinski definition) is 29. The highest BCUT2D eigenvalue weighted by molar-refractivity contribution is 7.80. The van der Waals surface area contributed by atoms with Gasteiger partial charge in [-0.1, -0.05) is 6.92 Å². The van der Waals surface area contributed by atoms with Gasteiger partial charge in [-0.2, -0.15) is 17.6 Å². The van der Waals surface area contributed by atoms with Crippen molar-refractivity contribution in [2.45, 2.75) is 214 Å². The lowest BCUT2D eigenvalue weighted by molar-refractivity contribution is -0.142. The summed E-state index contributed by atoms with van der Waals surface area (Å²) in [5, 5.41) is 199. The molecule has 0 radical (unpaired) electrons. The fourth-order valence-electron chi connectivity index (χ4n) is 11.2. The fourth-order valence-corrected chi connectivity index (χ4v) is 11.4. The van der Waals surface area contributed by atoms with E-state index in [1.807, 2.05) is 0 Å². The number of nitrogen functional groups attached to an aromatic ring is 1. The second-order valence-electron chi connectivity index (χ2n) is 27.2. The minimum Gasteiger partial charge on any atom is -0.481 e. The zero-order valence-electron chi connectivity index (χ0n) is 62.7. The number of nitrogens with one attached hydrogen (secondary N) is 9. The summed E-state index contributed by atoms with van der Waals surface area (Å²) >= 11 is 3.91. The Morgan fingerprint density at radius 1 is 0.474 bits per heavy atom. The third kappa shape index (κ3) is 34.4. The number of benzene rings is 1. The van der Waals surface area contributed by atoms with Gasteiger partial charge in [0.1, 0.15) is 66.7 Å². The summed E-state index contributed by atoms with van der Waals surface area (Å²) in [7, 11) is 0. The molecule has 0 aliphatic heterocycles. The van der Waals surface area contributed by atoms with E-state index >= 15 is 0 Å². The number of carboxylic acids is 4. The lowest BCUT2D eigenvalue weighted by atomic mass is 9.89. The van der Waals surface area contributed by atoms with E-state index in [0.29, 0.717) is 11.4 Å². The van der Waals surface area contributed by atoms with E-state index in [-0.39, 0.29) is 35.6 Å². The molecule has 0 spiro atoms. The number of Topliss-reactive ketones (excluding diaryl/α,β-unsaturated/α-hetero) is 3. The number of anilines is 2. The first kappa shape index (κ1) is 100. The van der Waals surface area contributed by atoms with Crippen LogP contribution in [0.5, 0.6) is 0 Å². The van der Waals surface area contributed by atoms with Crippen LogP contribution in [-0.4, -0.2) is 330 Å². The van der Waals surface area contributed by atoms with E-state index in [0.717, 1.165) is 0 Å². The number of H-pyrrole nitrogens is 1. The van der Waals surface area contributed by atoms with E-state index in [4.69, 9.17) is 5.73 Å². The molecule has 19 atom stereocenters. The van der Waals surface area contributed by atoms with Crippen molar-refractivity contribution >= 4 is 118 Å². The number of carbonyl (C=O) groups excluding carboxylic acids is 10. The number of nitrogens with zero attached hydrogens (tertiary/aromatic N) is 3. The van der Waals surface area contributed by atoms with Gasteiger partial charge in [0, 0.05) is 112 Å². The quantitative estimate of drug-likeness (QED) is 0.0233. The molecule has 0 saturated carbocycles. The average molecular weight is 1670 g/mol. The third-order valence-electron chi connectivity index (χ3n) is 18.3. The number of carboxylic acid groups (broad SMARTS) is 4. The Hall–Kier alpha value is -9.99. The van der Waals surface area contributed by atoms with Crippen molar-refractivity contribution < 1.29 is 159 Å². The normalized spacial score (nSPS) is 16.4. The van der Waals surface area contributed by atoms with Crippen LogP contribution in [-0.2, 0) is 68.9 Å². The third-order valence-corrected chi connectivity index (χ3v) is 18.7. The second kappa shape index (κ2) is 50.5. The molecule has 0 bridgehead atoms. The number of aromatic nitrogens is 4. The zero-order valence-corrected chi connectivity index (χ0v) is 63.6. The molecule has 47 heteroatoms. The van der Waals surface area contributed by atoms with Crippen LogP contribution < -0.4 is 53.8 Å². The van der Waals surface area contributed by atoms with Gasteiger partial charge in [-0.05, 0) is 69.2 Å². The molecule has 29 N–H and O–H groups in total. The highest BCUT2D eigenvalue weighted by atomic mass is 32.1. The number of rotatable bonds is 58. The highest BCUT2D eigenvalue weighted by Gasteiger charge is 2.38. The first-order valence-corrected chi connectivity index (χ1v) is 37.0. The number of nitrogens with two attached hydrogens (primary N) is 1. The molecule has 648 valence electrons. The van der Waals surface area contributed by atoms with Gasteiger partial charge in [0.2, 0.25) is 41.4 Å². The first-order chi connectivity index (χ1) is 54.5. The van der Waals surface area contributed by atoms with Crippen molar-refractivity contribution in [3.05, 3.63) is 52.1 Å². The Bertz CT molecular complexity index is 3870. The molecule has 3 rings (SSSR count). The Balaban J connectivity index is 2.05. The van der Waals surface area contributed by atoms with Crippen LogP contribution in [0, 0.1) is 17.8 Å². The minimum atomic E-state index is -2.21. The number of ketones is 3. The average Bonchev–Trinajstić information content (AvgIpc) is 0.789. The summed E-state index contributed by atoms with van der Waals surface area (Å²) in [5.41, 5.74) is 5.44. The van der Waals surface area contributed by atoms with Crippen molar-refractivity contribution in [2.75, 3.05) is 49.7 Å². The molecule has 0 saturated heterocycles. The van der Waals surface area contributed by atoms with Crippen LogP contribution in [0.15, 0.2) is 35.3 Å². The molecule has 1 aromatic carbocycles. The van der Waals surface area contributed by atoms with E-state index in [2.05, 4.69) is 75.1 Å². The number of aliphatic hydroxyl groups excluding tert-OH is 14. The predicted molar refractivity (Wildman–Crippen MR) is 398 cm³/mol. The number of hydrogen-bond acceptors (Lipinski definition) is 35. The molecule has 0 aliphatic rings. The molecule has 0 unspecified atom stereocenters. The summed E-state index contributed by atoms with van der Waals surface area (Å²) in [6.45, 7) is -3.21. The number of fused-ring (bicyclic) bond motifs is 1. The monoisotopic (exact) mass is 1670 g/mol. The van der Waals surface area contributed by atoms with Crippen LogP contribution in [0.1, 0.15) is 126 Å². The lowest BCUT2D eigenvalue weighted by Gasteiger charge is -2.26. The maximum atomic E-state index is 14.8. The van der Waals surface area contributed by atoms with Gasteiger partial charge in [-0.25, -0.2) is 19.6 Å². The Kier molecular flexibility index (Phi) is 43.6. The van der Waals surface area contributed by atoms with E-state index in [1.54, 1.807) is 0 Å². The van der Waals surface area contributed by atoms with Crippen LogP contribution in [0.3, 0.4) is 0 Å². The number of aliphatic hydroxyl groups is 14. The van der Waals surface area contributed by atoms with Crippen LogP contribution in [0.25, 0.3) is 11.2 Å². The Labute approximate surface area is 664 Å². The number of carbonyl (C=O) groups is 14. The number of aliphatic carboxylic acids is 4. The smallest absolute Gasteiger partial charge is 0.327 e. The largest absolute Gasteiger partial charge is 0.481 e. The minimum absolute atomic E-state index is 0.00875. The molecular formula is C69H103N13O33S. The molecule has 2 heterocycles. The molecule has 7 amide bonds. The van der Waals surface area contributed by atoms with Gasteiger partial charge in [-0.15, -0.1) is 0 Å². The standard InChI is InChI=1S/C69H103N13O33S/c1-2-41(86)55(101)56(102)44(89)24-72-51(96)16-7-33(65(110)80-40(29-116)68(114)115)21-43(88)38(13-18-53(99)100)78-64(109)32(6-15-50(95)74-26-46(91)58(104)60(106)48(93)28-84)20-42(87)37(12-17-52(97)98)77-63(108)31(5-14-49(94)73-25-45(90)57(103)59(105)47(92)27-83)19-36(85)10-11-39(67(112)113)79-62(107)30-3-8-34(9-4-30)71-22-35-23-75-61-54(76-35)66(111)82-69(70)81-61/h3-4,8-9,23,31-33,37-41,44-48,55-60,71,83-84,86,89-93,101-106,116H,2,5-7,10-22,24-29H2,1H3,(H,72,96)(H,73,94)(H,74,95)(H,77,108)(H,78,109)(H,79,107)(H,80,110)(H,97,98)(H,99,100)(H,112,113)(H,114,115)(H3,70,75,81,82,111)/t31-,32-,33-,37+,38+,39+,40+,41-,44+,45+,46+,47-,48-,55-,56-,57-,58-,59-,60-/m1/s1. The summed E-state index contributed by atoms with van der Waals surface area (Å²) in [6.07, 6.45) is -35.3. The summed E-state index contributed by atoms with van der Waals surface area (Å²) in [4.78, 5) is 215. The molecule has 0 fully saturated rings. The molecule has 0 aliphatic carbocycles. The lowest BCUT2D eigenvalue weighted by Crippen LogP contribution is -2.50. The van der Waals surface area contributed by atoms with Gasteiger partial charge < -0.3 is 140 Å². The van der Waals surface area contributed by atoms with Crippen LogP contribution in [0.4, 0.5) is 11.6 Å². The fraction of sp³-hybridized carbons (Fsp3) is 0.623. The molecule has 3 aromatic rings.